The van der Waals surface area contributed by atoms with Gasteiger partial charge in [0.2, 0.25) is 82.2 Å². The van der Waals surface area contributed by atoms with Crippen molar-refractivity contribution in [2.24, 2.45) is 52.2 Å². The number of nitrogens with two attached hydrogens (primary N) is 6. The number of hydrogen-bond acceptors (Lipinski definition) is 38. The van der Waals surface area contributed by atoms with Crippen molar-refractivity contribution >= 4 is 131 Å². The summed E-state index contributed by atoms with van der Waals surface area (Å²) in [6.45, 7) is 7.11. The number of unbranched alkanes of at least 4 members (excludes halogenated alkanes) is 2. The number of aliphatic carboxylic acids is 3. The fraction of sp³-hybridized carbons (Fsp3) is 0.630. The third-order valence-electron chi connectivity index (χ3n) is 19.7. The van der Waals surface area contributed by atoms with Gasteiger partial charge in [0.1, 0.15) is 78.3 Å². The highest BCUT2D eigenvalue weighted by atomic mass is 32.1. The van der Waals surface area contributed by atoms with Crippen LogP contribution in [0.5, 0.6) is 11.5 Å². The van der Waals surface area contributed by atoms with Crippen LogP contribution in [0.3, 0.4) is 0 Å². The number of ether oxygens (including phenoxy) is 1. The fourth-order valence-electron chi connectivity index (χ4n) is 12.7. The van der Waals surface area contributed by atoms with Gasteiger partial charge in [0.25, 0.3) is 5.91 Å². The predicted octanol–water partition coefficient (Wildman–Crippen LogP) is -9.40. The zero-order valence-corrected chi connectivity index (χ0v) is 76.3. The summed E-state index contributed by atoms with van der Waals surface area (Å²) in [6.07, 6.45) is -4.55. The maximum atomic E-state index is 14.7. The highest BCUT2D eigenvalue weighted by Crippen LogP contribution is 2.19. The number of amides is 11. The third-order valence-corrected chi connectivity index (χ3v) is 20.4. The first kappa shape index (κ1) is 118. The summed E-state index contributed by atoms with van der Waals surface area (Å²) >= 11 is 8.33. The molecule has 0 saturated heterocycles. The average Bonchev–Trinajstić information content (AvgIpc) is 0.651. The van der Waals surface area contributed by atoms with E-state index < -0.39 is 266 Å². The summed E-state index contributed by atoms with van der Waals surface area (Å²) in [6, 6.07) is -13.8. The summed E-state index contributed by atoms with van der Waals surface area (Å²) < 4.78 is 5.84. The van der Waals surface area contributed by atoms with Gasteiger partial charge >= 0.3 is 17.9 Å². The number of thiol groups is 2. The number of aliphatic hydroxyl groups is 3. The number of ketones is 4. The Labute approximate surface area is 773 Å². The van der Waals surface area contributed by atoms with Gasteiger partial charge in [0, 0.05) is 30.4 Å². The molecule has 51 heteroatoms. The van der Waals surface area contributed by atoms with Gasteiger partial charge in [0.05, 0.1) is 75.9 Å². The fourth-order valence-corrected chi connectivity index (χ4v) is 13.2. The first-order chi connectivity index (χ1) is 62.3. The van der Waals surface area contributed by atoms with E-state index in [2.05, 4.69) is 95.0 Å². The lowest BCUT2D eigenvalue weighted by Gasteiger charge is -2.29. The molecule has 0 aliphatic rings. The minimum absolute atomic E-state index is 0.0117. The van der Waals surface area contributed by atoms with E-state index in [0.717, 1.165) is 0 Å². The number of aromatic hydroxyl groups is 2. The largest absolute Gasteiger partial charge is 0.508 e. The number of carboxylic acid groups (broad SMARTS) is 3. The number of nitrogens with one attached hydrogen (secondary N) is 16. The lowest BCUT2D eigenvalue weighted by Crippen LogP contribution is -2.62. The van der Waals surface area contributed by atoms with Crippen LogP contribution in [0.1, 0.15) is 143 Å². The zero-order chi connectivity index (χ0) is 99.6. The molecule has 0 aliphatic carbocycles. The molecule has 2 unspecified atom stereocenters. The van der Waals surface area contributed by atoms with Crippen molar-refractivity contribution in [1.29, 1.82) is 0 Å². The Kier molecular flexibility index (Phi) is 56.0. The molecule has 0 heterocycles. The quantitative estimate of drug-likeness (QED) is 0.00961. The van der Waals surface area contributed by atoms with Crippen LogP contribution in [0.25, 0.3) is 0 Å². The number of hydrazine groups is 3. The van der Waals surface area contributed by atoms with E-state index in [4.69, 9.17) is 39.1 Å². The Hall–Kier alpha value is -10.4. The van der Waals surface area contributed by atoms with Crippen LogP contribution in [0.4, 0.5) is 0 Å². The van der Waals surface area contributed by atoms with Crippen molar-refractivity contribution in [1.82, 2.24) is 85.7 Å². The maximum Gasteiger partial charge on any atom is 0.328 e. The molecule has 0 bridgehead atoms. The van der Waals surface area contributed by atoms with Gasteiger partial charge in [-0.05, 0) is 131 Å². The SMILES string of the molecule is CC(C)CC(N)COC(Cc1ccc(O)cc1)C(=O)NC(=O)[C@H](CS)NN[C@@H](CC(=O)O)C(=O)N[C@@H](CC(=O)O)C(=O)N[C@@H](CO)C(=O)N[C@@H](CO)C(=O)C(=O)[C@H](CC(N)=O)NN[C@@H](CS)C(=O)C(=O)[C@H](CC(C)C)NC(=O)[C@H](CC(C)C)NC(=O)[C@H](CCCCN)NN[C@@H](CCCCN)C(=O)N[C@@H](Cc1ccc(O)cc1)C(=O)N[C@@H](CCCNC(N)N)C(=O)N[C@@H](CO)C(=O)O. The monoisotopic (exact) mass is 1910 g/mol. The van der Waals surface area contributed by atoms with E-state index in [1.54, 1.807) is 27.7 Å². The molecule has 49 nitrogen and oxygen atoms in total. The molecule has 132 heavy (non-hydrogen) atoms. The molecule has 0 fully saturated rings. The van der Waals surface area contributed by atoms with Crippen molar-refractivity contribution in [2.75, 3.05) is 57.6 Å². The molecule has 16 atom stereocenters. The van der Waals surface area contributed by atoms with Crippen molar-refractivity contribution in [3.8, 4) is 11.5 Å². The highest BCUT2D eigenvalue weighted by molar-refractivity contribution is 7.80. The first-order valence-corrected chi connectivity index (χ1v) is 44.1. The zero-order valence-electron chi connectivity index (χ0n) is 74.5. The number of phenols is 2. The molecule has 742 valence electrons. The van der Waals surface area contributed by atoms with Crippen LogP contribution in [-0.4, -0.2) is 307 Å². The van der Waals surface area contributed by atoms with Crippen LogP contribution in [0.15, 0.2) is 48.5 Å². The number of hydrogen-bond donors (Lipinski definition) is 32. The van der Waals surface area contributed by atoms with Crippen LogP contribution in [-0.2, 0) is 104 Å². The molecule has 2 rings (SSSR count). The molecular formula is C81H134N22O27S2. The van der Waals surface area contributed by atoms with E-state index in [-0.39, 0.29) is 101 Å². The normalized spacial score (nSPS) is 15.1. The second-order valence-corrected chi connectivity index (χ2v) is 33.2. The molecule has 0 aromatic heterocycles. The summed E-state index contributed by atoms with van der Waals surface area (Å²) in [7, 11) is 0. The van der Waals surface area contributed by atoms with Gasteiger partial charge < -0.3 is 123 Å². The second kappa shape index (κ2) is 62.9. The van der Waals surface area contributed by atoms with Gasteiger partial charge in [-0.25, -0.2) is 37.3 Å². The Morgan fingerprint density at radius 3 is 1.22 bits per heavy atom. The van der Waals surface area contributed by atoms with Gasteiger partial charge in [-0.15, -0.1) is 0 Å². The molecule has 0 aliphatic heterocycles. The number of carbonyl (C=O) groups excluding carboxylic acids is 15. The van der Waals surface area contributed by atoms with Gasteiger partial charge in [0.15, 0.2) is 0 Å². The number of aliphatic hydroxyl groups excluding tert-OH is 3. The number of carbonyl (C=O) groups is 18. The van der Waals surface area contributed by atoms with Crippen molar-refractivity contribution in [3.63, 3.8) is 0 Å². The van der Waals surface area contributed by atoms with Crippen molar-refractivity contribution in [3.05, 3.63) is 59.7 Å². The topological polar surface area (TPSA) is 827 Å². The first-order valence-electron chi connectivity index (χ1n) is 42.8. The Morgan fingerprint density at radius 2 is 0.735 bits per heavy atom. The van der Waals surface area contributed by atoms with Gasteiger partial charge in [-0.2, -0.15) is 25.3 Å². The number of phenolic OH excluding ortho intramolecular Hbond substituents is 2. The van der Waals surface area contributed by atoms with Crippen molar-refractivity contribution < 1.29 is 132 Å². The van der Waals surface area contributed by atoms with Gasteiger partial charge in [-0.3, -0.25) is 92.1 Å². The molecule has 36 N–H and O–H groups in total. The Bertz CT molecular complexity index is 4090. The number of rotatable bonds is 71. The average molecular weight is 1910 g/mol. The molecule has 0 spiro atoms. The number of imide groups is 1. The number of carboxylic acids is 3. The predicted molar refractivity (Wildman–Crippen MR) is 480 cm³/mol. The summed E-state index contributed by atoms with van der Waals surface area (Å²) in [5, 5.41) is 103. The number of primary amides is 1. The molecule has 2 aromatic rings. The van der Waals surface area contributed by atoms with Crippen LogP contribution < -0.4 is 120 Å². The van der Waals surface area contributed by atoms with E-state index in [1.165, 1.54) is 48.5 Å². The maximum absolute atomic E-state index is 14.7. The molecule has 2 aromatic carbocycles. The highest BCUT2D eigenvalue weighted by Gasteiger charge is 2.41. The van der Waals surface area contributed by atoms with E-state index in [1.807, 2.05) is 29.8 Å². The lowest BCUT2D eigenvalue weighted by molar-refractivity contribution is -0.143. The van der Waals surface area contributed by atoms with Crippen LogP contribution in [0.2, 0.25) is 0 Å². The number of Topliss-reactive ketones (excluding diaryl/α,β-unsaturated/α-hetero) is 4. The van der Waals surface area contributed by atoms with E-state index >= 15 is 0 Å². The van der Waals surface area contributed by atoms with Crippen LogP contribution in [0, 0.1) is 17.8 Å². The molecule has 0 saturated carbocycles. The summed E-state index contributed by atoms with van der Waals surface area (Å²) in [4.78, 5) is 246. The smallest absolute Gasteiger partial charge is 0.328 e. The molecular weight excluding hydrogens is 1780 g/mol. The third kappa shape index (κ3) is 45.3. The summed E-state index contributed by atoms with van der Waals surface area (Å²) in [5.41, 5.74) is 50.6. The van der Waals surface area contributed by atoms with Crippen molar-refractivity contribution in [2.45, 2.75) is 247 Å². The molecule has 11 amide bonds. The van der Waals surface area contributed by atoms with Crippen LogP contribution >= 0.6 is 25.3 Å². The van der Waals surface area contributed by atoms with E-state index in [9.17, 15) is 127 Å². The minimum atomic E-state index is -2.30. The Balaban J connectivity index is 2.42. The standard InChI is InChI=1S/C81H134N22O27S2/c1-40(2)26-45(84)37-130-62(30-44-17-21-47(108)22-18-44)79(127)97-78(126)61(39-132)103-101-56(33-65(112)113)76(124)93-55(32-64(110)111)75(123)95-58(35-105)77(125)94-57(34-104)68(116)67(115)52(31-63(85)109)100-102-60(38-131)69(117)66(114)51(27-41(3)4)90-73(121)53(28-42(5)6)91-71(119)49(12-7-9-23-82)98-99-50(13-8-10-24-83)72(120)92-54(29-43-15-19-46(107)20-16-43)74(122)89-48(14-11-25-88-81(86)87)70(118)96-59(36-106)80(128)129/h15-22,40-42,45,48-62,81,88,98-108,131-132H,7-14,23-39,82-84,86-87H2,1-6H3,(H2,85,109)(H,89,122)(H,90,121)(H,91,119)(H,92,120)(H,93,124)(H,94,125)(H,95,123)(H,96,118)(H,110,111)(H,112,113)(H,128,129)(H,97,126,127)/t45?,48-,49-,50-,51-,52-,53-,54-,55-,56-,57-,58-,59-,60-,61-,62?/m0/s1. The second-order valence-electron chi connectivity index (χ2n) is 32.5. The lowest BCUT2D eigenvalue weighted by atomic mass is 9.94. The number of benzene rings is 2. The minimum Gasteiger partial charge on any atom is -0.508 e. The molecule has 0 radical (unpaired) electrons. The Morgan fingerprint density at radius 1 is 0.371 bits per heavy atom. The van der Waals surface area contributed by atoms with E-state index in [0.29, 0.717) is 43.2 Å². The summed E-state index contributed by atoms with van der Waals surface area (Å²) in [5.74, 6) is -25.3. The van der Waals surface area contributed by atoms with Gasteiger partial charge in [-0.1, -0.05) is 78.6 Å².